The fourth-order valence-corrected chi connectivity index (χ4v) is 1.88. The van der Waals surface area contributed by atoms with Crippen LogP contribution in [0.4, 0.5) is 11.4 Å². The van der Waals surface area contributed by atoms with Crippen molar-refractivity contribution in [3.05, 3.63) is 18.2 Å². The number of anilines is 2. The van der Waals surface area contributed by atoms with Gasteiger partial charge < -0.3 is 19.7 Å². The van der Waals surface area contributed by atoms with Crippen molar-refractivity contribution >= 4 is 17.7 Å². The second-order valence-electron chi connectivity index (χ2n) is 3.71. The van der Waals surface area contributed by atoms with Crippen LogP contribution in [0.5, 0.6) is 5.75 Å². The zero-order valence-corrected chi connectivity index (χ0v) is 8.68. The maximum atomic E-state index is 10.5. The predicted octanol–water partition coefficient (Wildman–Crippen LogP) is 0.847. The van der Waals surface area contributed by atoms with E-state index >= 15 is 0 Å². The lowest BCUT2D eigenvalue weighted by atomic mass is 10.1. The first kappa shape index (κ1) is 9.83. The molecular formula is C11H14N2O2. The van der Waals surface area contributed by atoms with Crippen LogP contribution in [0.3, 0.4) is 0 Å². The monoisotopic (exact) mass is 206 g/mol. The van der Waals surface area contributed by atoms with E-state index in [1.165, 1.54) is 0 Å². The van der Waals surface area contributed by atoms with Crippen LogP contribution >= 0.6 is 0 Å². The second kappa shape index (κ2) is 3.81. The van der Waals surface area contributed by atoms with Crippen LogP contribution in [-0.2, 0) is 4.79 Å². The molecule has 0 aromatic heterocycles. The lowest BCUT2D eigenvalue weighted by Gasteiger charge is -2.36. The normalized spacial score (nSPS) is 15.0. The van der Waals surface area contributed by atoms with Gasteiger partial charge in [-0.3, -0.25) is 0 Å². The van der Waals surface area contributed by atoms with Gasteiger partial charge in [0, 0.05) is 26.2 Å². The fourth-order valence-electron chi connectivity index (χ4n) is 1.88. The maximum Gasteiger partial charge on any atom is 0.139 e. The van der Waals surface area contributed by atoms with E-state index in [1.807, 2.05) is 18.0 Å². The molecule has 0 fully saturated rings. The van der Waals surface area contributed by atoms with Gasteiger partial charge in [-0.1, -0.05) is 0 Å². The van der Waals surface area contributed by atoms with E-state index in [4.69, 9.17) is 0 Å². The fraction of sp³-hybridized carbons (Fsp3) is 0.364. The average Bonchev–Trinajstić information content (AvgIpc) is 2.23. The number of benzene rings is 1. The standard InChI is InChI=1S/C11H14N2O2/c1-12-4-5-13(6-7-14)10-3-2-9(15)8-11(10)12/h2-3,7-8,15H,4-6H2,1H3. The van der Waals surface area contributed by atoms with Crippen molar-refractivity contribution in [2.75, 3.05) is 36.5 Å². The maximum absolute atomic E-state index is 10.5. The third-order valence-corrected chi connectivity index (χ3v) is 2.71. The third kappa shape index (κ3) is 1.75. The van der Waals surface area contributed by atoms with Crippen molar-refractivity contribution in [1.29, 1.82) is 0 Å². The number of carbonyl (C=O) groups is 1. The van der Waals surface area contributed by atoms with Gasteiger partial charge in [-0.2, -0.15) is 0 Å². The number of aromatic hydroxyl groups is 1. The molecule has 0 saturated heterocycles. The summed E-state index contributed by atoms with van der Waals surface area (Å²) in [6, 6.07) is 5.23. The van der Waals surface area contributed by atoms with Crippen LogP contribution in [-0.4, -0.2) is 38.1 Å². The number of fused-ring (bicyclic) bond motifs is 1. The number of rotatable bonds is 2. The van der Waals surface area contributed by atoms with Crippen LogP contribution in [0, 0.1) is 0 Å². The molecule has 1 heterocycles. The topological polar surface area (TPSA) is 43.8 Å². The summed E-state index contributed by atoms with van der Waals surface area (Å²) in [7, 11) is 1.98. The van der Waals surface area contributed by atoms with Gasteiger partial charge in [0.1, 0.15) is 12.0 Å². The van der Waals surface area contributed by atoms with E-state index in [0.717, 1.165) is 30.8 Å². The highest BCUT2D eigenvalue weighted by atomic mass is 16.3. The first-order valence-corrected chi connectivity index (χ1v) is 4.95. The van der Waals surface area contributed by atoms with E-state index in [1.54, 1.807) is 12.1 Å². The Morgan fingerprint density at radius 2 is 2.20 bits per heavy atom. The number of phenolic OH excluding ortho intramolecular Hbond substituents is 1. The lowest BCUT2D eigenvalue weighted by Crippen LogP contribution is -2.39. The minimum Gasteiger partial charge on any atom is -0.508 e. The van der Waals surface area contributed by atoms with Crippen molar-refractivity contribution in [2.24, 2.45) is 0 Å². The molecule has 0 aliphatic carbocycles. The summed E-state index contributed by atoms with van der Waals surface area (Å²) in [6.07, 6.45) is 0.905. The molecule has 15 heavy (non-hydrogen) atoms. The summed E-state index contributed by atoms with van der Waals surface area (Å²) < 4.78 is 0. The molecule has 4 nitrogen and oxygen atoms in total. The average molecular weight is 206 g/mol. The summed E-state index contributed by atoms with van der Waals surface area (Å²) >= 11 is 0. The first-order valence-electron chi connectivity index (χ1n) is 4.95. The Hall–Kier alpha value is -1.71. The molecule has 0 amide bonds. The van der Waals surface area contributed by atoms with Gasteiger partial charge in [0.25, 0.3) is 0 Å². The summed E-state index contributed by atoms with van der Waals surface area (Å²) in [5.41, 5.74) is 1.98. The van der Waals surface area contributed by atoms with Gasteiger partial charge >= 0.3 is 0 Å². The van der Waals surface area contributed by atoms with Gasteiger partial charge in [-0.05, 0) is 12.1 Å². The Morgan fingerprint density at radius 1 is 1.40 bits per heavy atom. The molecule has 0 saturated carbocycles. The van der Waals surface area contributed by atoms with Gasteiger partial charge in [0.15, 0.2) is 0 Å². The van der Waals surface area contributed by atoms with Crippen molar-refractivity contribution in [3.8, 4) is 5.75 Å². The zero-order valence-electron chi connectivity index (χ0n) is 8.68. The number of aldehydes is 1. The first-order chi connectivity index (χ1) is 7.22. The van der Waals surface area contributed by atoms with Crippen molar-refractivity contribution in [2.45, 2.75) is 0 Å². The van der Waals surface area contributed by atoms with Gasteiger partial charge in [-0.25, -0.2) is 0 Å². The van der Waals surface area contributed by atoms with E-state index in [-0.39, 0.29) is 5.75 Å². The Morgan fingerprint density at radius 3 is 2.93 bits per heavy atom. The molecule has 0 radical (unpaired) electrons. The minimum atomic E-state index is 0.258. The minimum absolute atomic E-state index is 0.258. The van der Waals surface area contributed by atoms with Crippen molar-refractivity contribution in [1.82, 2.24) is 0 Å². The molecule has 0 atom stereocenters. The van der Waals surface area contributed by atoms with Crippen molar-refractivity contribution in [3.63, 3.8) is 0 Å². The number of hydrogen-bond donors (Lipinski definition) is 1. The van der Waals surface area contributed by atoms with E-state index in [0.29, 0.717) is 6.54 Å². The van der Waals surface area contributed by atoms with Crippen LogP contribution in [0.1, 0.15) is 0 Å². The van der Waals surface area contributed by atoms with Gasteiger partial charge in [0.05, 0.1) is 17.9 Å². The third-order valence-electron chi connectivity index (χ3n) is 2.71. The largest absolute Gasteiger partial charge is 0.508 e. The van der Waals surface area contributed by atoms with Crippen molar-refractivity contribution < 1.29 is 9.90 Å². The molecule has 1 aromatic carbocycles. The van der Waals surface area contributed by atoms with E-state index in [2.05, 4.69) is 4.90 Å². The summed E-state index contributed by atoms with van der Waals surface area (Å²) in [5.74, 6) is 0.258. The molecular weight excluding hydrogens is 192 g/mol. The van der Waals surface area contributed by atoms with Crippen LogP contribution < -0.4 is 9.80 Å². The highest BCUT2D eigenvalue weighted by Gasteiger charge is 2.19. The quantitative estimate of drug-likeness (QED) is 0.728. The molecule has 1 N–H and O–H groups in total. The molecule has 1 aliphatic rings. The lowest BCUT2D eigenvalue weighted by molar-refractivity contribution is -0.106. The summed E-state index contributed by atoms with van der Waals surface area (Å²) in [4.78, 5) is 14.6. The van der Waals surface area contributed by atoms with E-state index < -0.39 is 0 Å². The molecule has 0 spiro atoms. The second-order valence-corrected chi connectivity index (χ2v) is 3.71. The Balaban J connectivity index is 2.40. The summed E-state index contributed by atoms with van der Waals surface area (Å²) in [6.45, 7) is 2.11. The number of phenols is 1. The molecule has 0 unspecified atom stereocenters. The summed E-state index contributed by atoms with van der Waals surface area (Å²) in [5, 5.41) is 9.41. The van der Waals surface area contributed by atoms with Gasteiger partial charge in [0.2, 0.25) is 0 Å². The molecule has 4 heteroatoms. The Labute approximate surface area is 88.7 Å². The van der Waals surface area contributed by atoms with Crippen LogP contribution in [0.2, 0.25) is 0 Å². The number of nitrogens with zero attached hydrogens (tertiary/aromatic N) is 2. The van der Waals surface area contributed by atoms with Crippen LogP contribution in [0.15, 0.2) is 18.2 Å². The molecule has 2 rings (SSSR count). The predicted molar refractivity (Wildman–Crippen MR) is 59.7 cm³/mol. The molecule has 1 aromatic rings. The number of hydrogen-bond acceptors (Lipinski definition) is 4. The van der Waals surface area contributed by atoms with Crippen LogP contribution in [0.25, 0.3) is 0 Å². The SMILES string of the molecule is CN1CCN(CC=O)c2ccc(O)cc21. The molecule has 80 valence electrons. The van der Waals surface area contributed by atoms with Gasteiger partial charge in [-0.15, -0.1) is 0 Å². The highest BCUT2D eigenvalue weighted by Crippen LogP contribution is 2.34. The number of likely N-dealkylation sites (N-methyl/N-ethyl adjacent to an activating group) is 1. The Kier molecular flexibility index (Phi) is 2.49. The zero-order chi connectivity index (χ0) is 10.8. The number of carbonyl (C=O) groups excluding carboxylic acids is 1. The smallest absolute Gasteiger partial charge is 0.139 e. The molecule has 0 bridgehead atoms. The Bertz CT molecular complexity index is 379. The highest BCUT2D eigenvalue weighted by molar-refractivity contribution is 5.77. The molecule has 1 aliphatic heterocycles. The van der Waals surface area contributed by atoms with E-state index in [9.17, 15) is 9.90 Å².